The van der Waals surface area contributed by atoms with Crippen LogP contribution in [0.15, 0.2) is 77.3 Å². The van der Waals surface area contributed by atoms with Crippen LogP contribution in [0.3, 0.4) is 0 Å². The number of hydrogen-bond donors (Lipinski definition) is 1. The van der Waals surface area contributed by atoms with Crippen LogP contribution < -0.4 is 9.62 Å². The van der Waals surface area contributed by atoms with E-state index in [1.165, 1.54) is 10.6 Å². The van der Waals surface area contributed by atoms with Gasteiger partial charge in [-0.3, -0.25) is 13.9 Å². The van der Waals surface area contributed by atoms with Crippen molar-refractivity contribution < 1.29 is 18.0 Å². The number of sulfonamides is 1. The van der Waals surface area contributed by atoms with Gasteiger partial charge in [0.1, 0.15) is 6.04 Å². The molecule has 0 spiro atoms. The molecule has 0 radical (unpaired) electrons. The Hall–Kier alpha value is -3.17. The van der Waals surface area contributed by atoms with Crippen LogP contribution in [0.5, 0.6) is 0 Å². The van der Waals surface area contributed by atoms with Crippen LogP contribution in [0, 0.1) is 13.8 Å². The fourth-order valence-corrected chi connectivity index (χ4v) is 6.32. The van der Waals surface area contributed by atoms with Crippen LogP contribution >= 0.6 is 15.9 Å². The summed E-state index contributed by atoms with van der Waals surface area (Å²) in [5.41, 5.74) is 4.35. The summed E-state index contributed by atoms with van der Waals surface area (Å²) in [7, 11) is -3.57. The molecule has 0 aliphatic rings. The standard InChI is InChI=1S/C33H42BrN3O4S/c1-6-26(4)35-33(39)31(22-27-12-8-7-9-13-27)36(23-28-14-10-15-29(34)21-28)32(38)16-11-17-37(42(5,40)41)30-19-24(2)18-25(3)20-30/h7-10,12-15,18-21,26,31H,6,11,16-17,22-23H2,1-5H3,(H,35,39)/t26-,31-/m1/s1. The van der Waals surface area contributed by atoms with Gasteiger partial charge in [0.25, 0.3) is 0 Å². The largest absolute Gasteiger partial charge is 0.352 e. The first-order valence-corrected chi connectivity index (χ1v) is 17.0. The molecule has 2 atom stereocenters. The first kappa shape index (κ1) is 33.3. The smallest absolute Gasteiger partial charge is 0.243 e. The first-order valence-electron chi connectivity index (χ1n) is 14.3. The number of amides is 2. The fourth-order valence-electron chi connectivity index (χ4n) is 4.93. The number of nitrogens with zero attached hydrogens (tertiary/aromatic N) is 2. The van der Waals surface area contributed by atoms with Gasteiger partial charge in [-0.05, 0) is 80.1 Å². The molecular weight excluding hydrogens is 614 g/mol. The molecule has 0 aliphatic heterocycles. The van der Waals surface area contributed by atoms with E-state index < -0.39 is 16.1 Å². The molecule has 0 unspecified atom stereocenters. The Morgan fingerprint density at radius 3 is 2.17 bits per heavy atom. The average Bonchev–Trinajstić information content (AvgIpc) is 2.92. The molecule has 9 heteroatoms. The highest BCUT2D eigenvalue weighted by Crippen LogP contribution is 2.23. The quantitative estimate of drug-likeness (QED) is 0.225. The van der Waals surface area contributed by atoms with Gasteiger partial charge in [0.15, 0.2) is 0 Å². The summed E-state index contributed by atoms with van der Waals surface area (Å²) in [6, 6.07) is 22.3. The minimum atomic E-state index is -3.57. The van der Waals surface area contributed by atoms with Crippen LogP contribution in [0.4, 0.5) is 5.69 Å². The number of nitrogens with one attached hydrogen (secondary N) is 1. The normalized spacial score (nSPS) is 12.8. The number of halogens is 1. The molecule has 3 aromatic carbocycles. The van der Waals surface area contributed by atoms with Crippen molar-refractivity contribution >= 4 is 43.5 Å². The van der Waals surface area contributed by atoms with Crippen LogP contribution in [0.25, 0.3) is 0 Å². The number of carbonyl (C=O) groups is 2. The zero-order valence-corrected chi connectivity index (χ0v) is 27.5. The molecule has 0 saturated carbocycles. The lowest BCUT2D eigenvalue weighted by Gasteiger charge is -2.33. The molecule has 7 nitrogen and oxygen atoms in total. The minimum Gasteiger partial charge on any atom is -0.352 e. The third-order valence-corrected chi connectivity index (χ3v) is 8.85. The number of hydrogen-bond acceptors (Lipinski definition) is 4. The Labute approximate surface area is 259 Å². The number of aryl methyl sites for hydroxylation is 2. The van der Waals surface area contributed by atoms with E-state index in [-0.39, 0.29) is 37.4 Å². The molecule has 0 fully saturated rings. The van der Waals surface area contributed by atoms with Crippen molar-refractivity contribution in [1.29, 1.82) is 0 Å². The van der Waals surface area contributed by atoms with E-state index >= 15 is 0 Å². The van der Waals surface area contributed by atoms with E-state index in [4.69, 9.17) is 0 Å². The lowest BCUT2D eigenvalue weighted by Crippen LogP contribution is -2.52. The zero-order valence-electron chi connectivity index (χ0n) is 25.1. The van der Waals surface area contributed by atoms with Gasteiger partial charge in [0, 0.05) is 36.4 Å². The van der Waals surface area contributed by atoms with E-state index in [9.17, 15) is 18.0 Å². The highest BCUT2D eigenvalue weighted by atomic mass is 79.9. The second kappa shape index (κ2) is 15.3. The highest BCUT2D eigenvalue weighted by molar-refractivity contribution is 9.10. The Balaban J connectivity index is 1.90. The van der Waals surface area contributed by atoms with Crippen molar-refractivity contribution in [3.63, 3.8) is 0 Å². The van der Waals surface area contributed by atoms with E-state index in [0.717, 1.165) is 33.1 Å². The van der Waals surface area contributed by atoms with Crippen molar-refractivity contribution in [1.82, 2.24) is 10.2 Å². The second-order valence-electron chi connectivity index (χ2n) is 11.0. The van der Waals surface area contributed by atoms with Crippen molar-refractivity contribution in [2.24, 2.45) is 0 Å². The number of rotatable bonds is 14. The fraction of sp³-hybridized carbons (Fsp3) is 0.394. The molecule has 42 heavy (non-hydrogen) atoms. The maximum Gasteiger partial charge on any atom is 0.243 e. The number of anilines is 1. The topological polar surface area (TPSA) is 86.8 Å². The van der Waals surface area contributed by atoms with Gasteiger partial charge in [0.05, 0.1) is 11.9 Å². The van der Waals surface area contributed by atoms with Gasteiger partial charge in [-0.25, -0.2) is 8.42 Å². The SMILES string of the molecule is CC[C@@H](C)NC(=O)[C@@H](Cc1ccccc1)N(Cc1cccc(Br)c1)C(=O)CCCN(c1cc(C)cc(C)c1)S(C)(=O)=O. The van der Waals surface area contributed by atoms with Gasteiger partial charge in [0.2, 0.25) is 21.8 Å². The zero-order chi connectivity index (χ0) is 30.9. The van der Waals surface area contributed by atoms with E-state index in [1.807, 2.05) is 100 Å². The molecule has 226 valence electrons. The maximum atomic E-state index is 14.0. The third kappa shape index (κ3) is 9.98. The summed E-state index contributed by atoms with van der Waals surface area (Å²) in [4.78, 5) is 29.3. The summed E-state index contributed by atoms with van der Waals surface area (Å²) in [5.74, 6) is -0.409. The number of carbonyl (C=O) groups excluding carboxylic acids is 2. The predicted octanol–water partition coefficient (Wildman–Crippen LogP) is 6.17. The van der Waals surface area contributed by atoms with E-state index in [2.05, 4.69) is 21.2 Å². The monoisotopic (exact) mass is 655 g/mol. The molecule has 3 rings (SSSR count). The molecule has 0 saturated heterocycles. The Kier molecular flexibility index (Phi) is 12.2. The summed E-state index contributed by atoms with van der Waals surface area (Å²) in [6.07, 6.45) is 2.71. The summed E-state index contributed by atoms with van der Waals surface area (Å²) in [6.45, 7) is 8.21. The Bertz CT molecular complexity index is 1440. The maximum absolute atomic E-state index is 14.0. The minimum absolute atomic E-state index is 0.0419. The summed E-state index contributed by atoms with van der Waals surface area (Å²) in [5, 5.41) is 3.08. The van der Waals surface area contributed by atoms with Gasteiger partial charge < -0.3 is 10.2 Å². The lowest BCUT2D eigenvalue weighted by molar-refractivity contribution is -0.141. The van der Waals surface area contributed by atoms with Gasteiger partial charge >= 0.3 is 0 Å². The average molecular weight is 657 g/mol. The Morgan fingerprint density at radius 1 is 0.929 bits per heavy atom. The summed E-state index contributed by atoms with van der Waals surface area (Å²) < 4.78 is 27.7. The van der Waals surface area contributed by atoms with E-state index in [1.54, 1.807) is 4.90 Å². The molecule has 0 aromatic heterocycles. The Morgan fingerprint density at radius 2 is 1.57 bits per heavy atom. The first-order chi connectivity index (χ1) is 19.9. The van der Waals surface area contributed by atoms with E-state index in [0.29, 0.717) is 18.5 Å². The van der Waals surface area contributed by atoms with Crippen molar-refractivity contribution in [3.8, 4) is 0 Å². The van der Waals surface area contributed by atoms with Crippen molar-refractivity contribution in [2.45, 2.75) is 72.0 Å². The molecule has 2 amide bonds. The molecule has 0 heterocycles. The molecule has 3 aromatic rings. The molecule has 1 N–H and O–H groups in total. The second-order valence-corrected chi connectivity index (χ2v) is 13.8. The predicted molar refractivity (Wildman–Crippen MR) is 174 cm³/mol. The van der Waals surface area contributed by atoms with Crippen molar-refractivity contribution in [3.05, 3.63) is 99.5 Å². The number of benzene rings is 3. The van der Waals surface area contributed by atoms with Gasteiger partial charge in [-0.2, -0.15) is 0 Å². The van der Waals surface area contributed by atoms with Gasteiger partial charge in [-0.1, -0.05) is 71.4 Å². The summed E-state index contributed by atoms with van der Waals surface area (Å²) >= 11 is 3.51. The molecular formula is C33H42BrN3O4S. The van der Waals surface area contributed by atoms with Crippen molar-refractivity contribution in [2.75, 3.05) is 17.1 Å². The molecule has 0 bridgehead atoms. The van der Waals surface area contributed by atoms with Crippen LogP contribution in [0.1, 0.15) is 55.4 Å². The molecule has 0 aliphatic carbocycles. The highest BCUT2D eigenvalue weighted by Gasteiger charge is 2.31. The third-order valence-electron chi connectivity index (χ3n) is 7.16. The van der Waals surface area contributed by atoms with Crippen LogP contribution in [0.2, 0.25) is 0 Å². The lowest BCUT2D eigenvalue weighted by atomic mass is 10.0. The van der Waals surface area contributed by atoms with Crippen LogP contribution in [-0.4, -0.2) is 50.0 Å². The van der Waals surface area contributed by atoms with Crippen LogP contribution in [-0.2, 0) is 32.6 Å². The van der Waals surface area contributed by atoms with Gasteiger partial charge in [-0.15, -0.1) is 0 Å².